The summed E-state index contributed by atoms with van der Waals surface area (Å²) in [6, 6.07) is 7.71. The van der Waals surface area contributed by atoms with Crippen LogP contribution < -0.4 is 5.73 Å². The van der Waals surface area contributed by atoms with Crippen LogP contribution in [-0.4, -0.2) is 26.3 Å². The summed E-state index contributed by atoms with van der Waals surface area (Å²) >= 11 is 1.63. The lowest BCUT2D eigenvalue weighted by molar-refractivity contribution is 0.757. The SMILES string of the molecule is Nc1ccc(C2=Nn3cnnc3SC2)cc1. The molecule has 1 aromatic heterocycles. The molecule has 1 aliphatic rings. The summed E-state index contributed by atoms with van der Waals surface area (Å²) in [6.45, 7) is 0. The minimum absolute atomic E-state index is 0.762. The van der Waals surface area contributed by atoms with Gasteiger partial charge in [-0.1, -0.05) is 23.9 Å². The van der Waals surface area contributed by atoms with Gasteiger partial charge >= 0.3 is 0 Å². The summed E-state index contributed by atoms with van der Waals surface area (Å²) in [7, 11) is 0. The van der Waals surface area contributed by atoms with Crippen molar-refractivity contribution < 1.29 is 0 Å². The molecule has 0 saturated carbocycles. The Kier molecular flexibility index (Phi) is 2.14. The van der Waals surface area contributed by atoms with E-state index in [0.29, 0.717) is 0 Å². The van der Waals surface area contributed by atoms with Crippen LogP contribution in [0.3, 0.4) is 0 Å². The Morgan fingerprint density at radius 2 is 2.06 bits per heavy atom. The van der Waals surface area contributed by atoms with E-state index < -0.39 is 0 Å². The minimum atomic E-state index is 0.762. The third-order valence-corrected chi connectivity index (χ3v) is 3.26. The Hall–Kier alpha value is -1.82. The summed E-state index contributed by atoms with van der Waals surface area (Å²) in [4.78, 5) is 0. The maximum atomic E-state index is 5.65. The lowest BCUT2D eigenvalue weighted by Crippen LogP contribution is -2.12. The van der Waals surface area contributed by atoms with Gasteiger partial charge in [-0.3, -0.25) is 0 Å². The van der Waals surface area contributed by atoms with Gasteiger partial charge in [0.1, 0.15) is 6.33 Å². The summed E-state index contributed by atoms with van der Waals surface area (Å²) in [5.74, 6) is 0.808. The molecule has 2 N–H and O–H groups in total. The summed E-state index contributed by atoms with van der Waals surface area (Å²) < 4.78 is 1.69. The second kappa shape index (κ2) is 3.64. The topological polar surface area (TPSA) is 69.1 Å². The Labute approximate surface area is 96.4 Å². The van der Waals surface area contributed by atoms with Gasteiger partial charge in [0.05, 0.1) is 5.71 Å². The lowest BCUT2D eigenvalue weighted by atomic mass is 10.1. The predicted octanol–water partition coefficient (Wildman–Crippen LogP) is 1.22. The van der Waals surface area contributed by atoms with Crippen LogP contribution >= 0.6 is 11.8 Å². The number of nitrogens with two attached hydrogens (primary N) is 1. The zero-order valence-electron chi connectivity index (χ0n) is 8.37. The van der Waals surface area contributed by atoms with Gasteiger partial charge in [-0.05, 0) is 17.7 Å². The average Bonchev–Trinajstić information content (AvgIpc) is 2.77. The number of hydrogen-bond donors (Lipinski definition) is 1. The molecule has 0 aliphatic carbocycles. The maximum Gasteiger partial charge on any atom is 0.212 e. The molecule has 0 spiro atoms. The van der Waals surface area contributed by atoms with Crippen molar-refractivity contribution in [1.82, 2.24) is 14.9 Å². The molecule has 3 rings (SSSR count). The number of hydrogen-bond acceptors (Lipinski definition) is 5. The van der Waals surface area contributed by atoms with Crippen molar-refractivity contribution in [2.24, 2.45) is 5.10 Å². The van der Waals surface area contributed by atoms with E-state index in [1.807, 2.05) is 24.3 Å². The normalized spacial score (nSPS) is 14.4. The van der Waals surface area contributed by atoms with E-state index in [1.54, 1.807) is 22.8 Å². The molecule has 6 heteroatoms. The predicted molar refractivity (Wildman–Crippen MR) is 63.5 cm³/mol. The van der Waals surface area contributed by atoms with Gasteiger partial charge in [0, 0.05) is 11.4 Å². The van der Waals surface area contributed by atoms with Gasteiger partial charge in [-0.25, -0.2) is 0 Å². The highest BCUT2D eigenvalue weighted by Crippen LogP contribution is 2.22. The van der Waals surface area contributed by atoms with Crippen LogP contribution in [-0.2, 0) is 0 Å². The highest BCUT2D eigenvalue weighted by Gasteiger charge is 2.14. The molecule has 16 heavy (non-hydrogen) atoms. The van der Waals surface area contributed by atoms with Crippen LogP contribution in [0.25, 0.3) is 0 Å². The summed E-state index contributed by atoms with van der Waals surface area (Å²) in [6.07, 6.45) is 1.61. The smallest absolute Gasteiger partial charge is 0.212 e. The number of aromatic nitrogens is 3. The monoisotopic (exact) mass is 231 g/mol. The van der Waals surface area contributed by atoms with E-state index in [0.717, 1.165) is 27.9 Å². The van der Waals surface area contributed by atoms with Gasteiger partial charge in [0.25, 0.3) is 0 Å². The molecule has 0 bridgehead atoms. The third-order valence-electron chi connectivity index (χ3n) is 2.31. The molecule has 0 radical (unpaired) electrons. The highest BCUT2D eigenvalue weighted by atomic mass is 32.2. The van der Waals surface area contributed by atoms with Crippen LogP contribution in [0.15, 0.2) is 40.9 Å². The van der Waals surface area contributed by atoms with Gasteiger partial charge in [-0.2, -0.15) is 9.78 Å². The van der Waals surface area contributed by atoms with E-state index in [2.05, 4.69) is 15.3 Å². The van der Waals surface area contributed by atoms with E-state index in [9.17, 15) is 0 Å². The number of rotatable bonds is 1. The Balaban J connectivity index is 2.00. The first-order valence-corrected chi connectivity index (χ1v) is 5.78. The van der Waals surface area contributed by atoms with Gasteiger partial charge in [0.15, 0.2) is 0 Å². The van der Waals surface area contributed by atoms with Gasteiger partial charge in [-0.15, -0.1) is 10.2 Å². The first kappa shape index (κ1) is 9.41. The van der Waals surface area contributed by atoms with Crippen molar-refractivity contribution in [3.05, 3.63) is 36.2 Å². The quantitative estimate of drug-likeness (QED) is 0.749. The lowest BCUT2D eigenvalue weighted by Gasteiger charge is -2.11. The molecule has 2 heterocycles. The molecule has 1 aliphatic heterocycles. The fraction of sp³-hybridized carbons (Fsp3) is 0.100. The molecule has 5 nitrogen and oxygen atoms in total. The number of nitrogens with zero attached hydrogens (tertiary/aromatic N) is 4. The summed E-state index contributed by atoms with van der Waals surface area (Å²) in [5.41, 5.74) is 8.50. The Morgan fingerprint density at radius 1 is 1.25 bits per heavy atom. The van der Waals surface area contributed by atoms with Gasteiger partial charge < -0.3 is 5.73 Å². The van der Waals surface area contributed by atoms with E-state index >= 15 is 0 Å². The zero-order chi connectivity index (χ0) is 11.0. The van der Waals surface area contributed by atoms with Crippen molar-refractivity contribution in [2.75, 3.05) is 11.5 Å². The number of fused-ring (bicyclic) bond motifs is 1. The number of thioether (sulfide) groups is 1. The Morgan fingerprint density at radius 3 is 2.88 bits per heavy atom. The number of benzene rings is 1. The van der Waals surface area contributed by atoms with E-state index in [1.165, 1.54) is 0 Å². The molecule has 2 aromatic rings. The number of nitrogen functional groups attached to an aromatic ring is 1. The van der Waals surface area contributed by atoms with E-state index in [-0.39, 0.29) is 0 Å². The second-order valence-electron chi connectivity index (χ2n) is 3.42. The number of anilines is 1. The fourth-order valence-corrected chi connectivity index (χ4v) is 2.31. The van der Waals surface area contributed by atoms with Crippen molar-refractivity contribution in [3.63, 3.8) is 0 Å². The van der Waals surface area contributed by atoms with Crippen LogP contribution in [0.2, 0.25) is 0 Å². The van der Waals surface area contributed by atoms with E-state index in [4.69, 9.17) is 5.73 Å². The highest BCUT2D eigenvalue weighted by molar-refractivity contribution is 7.99. The van der Waals surface area contributed by atoms with Crippen LogP contribution in [0.5, 0.6) is 0 Å². The molecular formula is C10H9N5S. The minimum Gasteiger partial charge on any atom is -0.399 e. The molecule has 0 unspecified atom stereocenters. The first-order valence-electron chi connectivity index (χ1n) is 4.79. The molecule has 1 aromatic carbocycles. The fourth-order valence-electron chi connectivity index (χ4n) is 1.49. The zero-order valence-corrected chi connectivity index (χ0v) is 9.18. The molecule has 0 amide bonds. The van der Waals surface area contributed by atoms with Crippen molar-refractivity contribution in [1.29, 1.82) is 0 Å². The van der Waals surface area contributed by atoms with Crippen molar-refractivity contribution in [3.8, 4) is 0 Å². The van der Waals surface area contributed by atoms with Crippen molar-refractivity contribution in [2.45, 2.75) is 5.16 Å². The Bertz CT molecular complexity index is 543. The van der Waals surface area contributed by atoms with Gasteiger partial charge in [0.2, 0.25) is 5.16 Å². The first-order chi connectivity index (χ1) is 7.83. The molecule has 80 valence electrons. The standard InChI is InChI=1S/C10H9N5S/c11-8-3-1-7(2-4-8)9-5-16-10-13-12-6-15(10)14-9/h1-4,6H,5,11H2. The maximum absolute atomic E-state index is 5.65. The average molecular weight is 231 g/mol. The third kappa shape index (κ3) is 1.57. The largest absolute Gasteiger partial charge is 0.399 e. The van der Waals surface area contributed by atoms with Crippen LogP contribution in [0.1, 0.15) is 5.56 Å². The van der Waals surface area contributed by atoms with Crippen LogP contribution in [0, 0.1) is 0 Å². The molecule has 0 saturated heterocycles. The van der Waals surface area contributed by atoms with Crippen LogP contribution in [0.4, 0.5) is 5.69 Å². The summed E-state index contributed by atoms with van der Waals surface area (Å²) in [5, 5.41) is 13.0. The van der Waals surface area contributed by atoms with Crippen molar-refractivity contribution >= 4 is 23.2 Å². The molecule has 0 fully saturated rings. The molecule has 0 atom stereocenters. The molecular weight excluding hydrogens is 222 g/mol. The second-order valence-corrected chi connectivity index (χ2v) is 4.36.